The molecular weight excluding hydrogens is 306 g/mol. The Morgan fingerprint density at radius 3 is 2.90 bits per heavy atom. The topological polar surface area (TPSA) is 63.8 Å². The number of pyridine rings is 1. The van der Waals surface area contributed by atoms with Gasteiger partial charge in [-0.25, -0.2) is 19.3 Å². The van der Waals surface area contributed by atoms with E-state index in [4.69, 9.17) is 27.6 Å². The third-order valence-electron chi connectivity index (χ3n) is 2.65. The summed E-state index contributed by atoms with van der Waals surface area (Å²) >= 11 is 11.4. The van der Waals surface area contributed by atoms with Crippen molar-refractivity contribution in [1.29, 1.82) is 0 Å². The molecule has 3 rings (SSSR count). The number of rotatable bonds is 3. The van der Waals surface area contributed by atoms with Crippen molar-refractivity contribution >= 4 is 39.9 Å². The molecule has 0 bridgehead atoms. The molecule has 3 aromatic heterocycles. The largest absolute Gasteiger partial charge is 0.472 e. The van der Waals surface area contributed by atoms with Gasteiger partial charge in [-0.05, 0) is 17.7 Å². The molecule has 0 radical (unpaired) electrons. The van der Waals surface area contributed by atoms with Gasteiger partial charge in [-0.1, -0.05) is 11.6 Å². The van der Waals surface area contributed by atoms with Crippen LogP contribution in [0.1, 0.15) is 5.56 Å². The van der Waals surface area contributed by atoms with Gasteiger partial charge in [0.1, 0.15) is 11.3 Å². The van der Waals surface area contributed by atoms with Crippen molar-refractivity contribution in [1.82, 2.24) is 15.0 Å². The fraction of sp³-hybridized carbons (Fsp3) is 0.0833. The van der Waals surface area contributed by atoms with E-state index in [1.54, 1.807) is 18.6 Å². The van der Waals surface area contributed by atoms with Crippen molar-refractivity contribution in [2.75, 3.05) is 5.32 Å². The SMILES string of the molecule is Fc1c(Cl)ncc2c(NCc3ccoc3)nc(Cl)nc12. The van der Waals surface area contributed by atoms with E-state index in [1.807, 2.05) is 0 Å². The first-order valence-electron chi connectivity index (χ1n) is 5.57. The summed E-state index contributed by atoms with van der Waals surface area (Å²) in [7, 11) is 0. The van der Waals surface area contributed by atoms with Crippen LogP contribution in [0.2, 0.25) is 10.4 Å². The lowest BCUT2D eigenvalue weighted by molar-refractivity contribution is 0.564. The number of fused-ring (bicyclic) bond motifs is 1. The summed E-state index contributed by atoms with van der Waals surface area (Å²) in [5.41, 5.74) is 0.940. The molecule has 20 heavy (non-hydrogen) atoms. The first kappa shape index (κ1) is 13.1. The third kappa shape index (κ3) is 2.39. The van der Waals surface area contributed by atoms with Gasteiger partial charge in [0.25, 0.3) is 0 Å². The van der Waals surface area contributed by atoms with Crippen molar-refractivity contribution in [2.45, 2.75) is 6.54 Å². The Labute approximate surface area is 122 Å². The Bertz CT molecular complexity index is 764. The minimum absolute atomic E-state index is 0.0275. The maximum atomic E-state index is 13.9. The van der Waals surface area contributed by atoms with E-state index in [0.717, 1.165) is 5.56 Å². The van der Waals surface area contributed by atoms with Gasteiger partial charge >= 0.3 is 0 Å². The highest BCUT2D eigenvalue weighted by Gasteiger charge is 2.14. The Morgan fingerprint density at radius 1 is 1.30 bits per heavy atom. The van der Waals surface area contributed by atoms with E-state index in [-0.39, 0.29) is 16.0 Å². The summed E-state index contributed by atoms with van der Waals surface area (Å²) in [5.74, 6) is -0.343. The zero-order valence-electron chi connectivity index (χ0n) is 9.90. The Morgan fingerprint density at radius 2 is 2.15 bits per heavy atom. The van der Waals surface area contributed by atoms with Gasteiger partial charge in [-0.2, -0.15) is 0 Å². The molecule has 0 atom stereocenters. The lowest BCUT2D eigenvalue weighted by atomic mass is 10.2. The zero-order chi connectivity index (χ0) is 14.1. The molecule has 0 saturated heterocycles. The highest BCUT2D eigenvalue weighted by molar-refractivity contribution is 6.30. The highest BCUT2D eigenvalue weighted by Crippen LogP contribution is 2.27. The number of nitrogens with one attached hydrogen (secondary N) is 1. The molecule has 102 valence electrons. The number of halogens is 3. The summed E-state index contributed by atoms with van der Waals surface area (Å²) in [5, 5.41) is 3.10. The van der Waals surface area contributed by atoms with Crippen molar-refractivity contribution in [3.63, 3.8) is 0 Å². The molecule has 0 amide bonds. The normalized spacial score (nSPS) is 10.9. The van der Waals surface area contributed by atoms with E-state index >= 15 is 0 Å². The maximum Gasteiger partial charge on any atom is 0.225 e. The van der Waals surface area contributed by atoms with Crippen LogP contribution < -0.4 is 5.32 Å². The number of furan rings is 1. The van der Waals surface area contributed by atoms with E-state index in [9.17, 15) is 4.39 Å². The molecule has 0 aliphatic carbocycles. The van der Waals surface area contributed by atoms with Crippen molar-refractivity contribution in [2.24, 2.45) is 0 Å². The first-order valence-corrected chi connectivity index (χ1v) is 6.33. The summed E-state index contributed by atoms with van der Waals surface area (Å²) in [6.45, 7) is 0.448. The van der Waals surface area contributed by atoms with E-state index < -0.39 is 5.82 Å². The van der Waals surface area contributed by atoms with Gasteiger partial charge in [-0.15, -0.1) is 0 Å². The average molecular weight is 313 g/mol. The van der Waals surface area contributed by atoms with Gasteiger partial charge in [-0.3, -0.25) is 0 Å². The molecule has 1 N–H and O–H groups in total. The van der Waals surface area contributed by atoms with E-state index in [2.05, 4.69) is 20.3 Å². The predicted octanol–water partition coefficient (Wildman–Crippen LogP) is 3.68. The standard InChI is InChI=1S/C12H7Cl2FN4O/c13-10-8(15)9-7(4-16-10)11(19-12(14)18-9)17-3-6-1-2-20-5-6/h1-2,4-5H,3H2,(H,17,18,19). The van der Waals surface area contributed by atoms with Crippen LogP contribution in [-0.2, 0) is 6.54 Å². The third-order valence-corrected chi connectivity index (χ3v) is 3.09. The number of aromatic nitrogens is 3. The minimum Gasteiger partial charge on any atom is -0.472 e. The van der Waals surface area contributed by atoms with Crippen LogP contribution in [0.3, 0.4) is 0 Å². The van der Waals surface area contributed by atoms with Crippen LogP contribution in [-0.4, -0.2) is 15.0 Å². The van der Waals surface area contributed by atoms with Gasteiger partial charge in [0.2, 0.25) is 5.28 Å². The Hall–Kier alpha value is -1.92. The monoisotopic (exact) mass is 312 g/mol. The van der Waals surface area contributed by atoms with Crippen LogP contribution in [0.4, 0.5) is 10.2 Å². The summed E-state index contributed by atoms with van der Waals surface area (Å²) in [6, 6.07) is 1.80. The van der Waals surface area contributed by atoms with Crippen LogP contribution >= 0.6 is 23.2 Å². The van der Waals surface area contributed by atoms with E-state index in [1.165, 1.54) is 6.20 Å². The number of hydrogen-bond donors (Lipinski definition) is 1. The van der Waals surface area contributed by atoms with E-state index in [0.29, 0.717) is 17.7 Å². The minimum atomic E-state index is -0.722. The fourth-order valence-electron chi connectivity index (χ4n) is 1.72. The van der Waals surface area contributed by atoms with Crippen molar-refractivity contribution in [3.8, 4) is 0 Å². The Kier molecular flexibility index (Phi) is 3.42. The number of nitrogens with zero attached hydrogens (tertiary/aromatic N) is 3. The molecule has 5 nitrogen and oxygen atoms in total. The zero-order valence-corrected chi connectivity index (χ0v) is 11.4. The molecule has 3 aromatic rings. The molecule has 3 heterocycles. The van der Waals surface area contributed by atoms with Crippen molar-refractivity contribution in [3.05, 3.63) is 46.6 Å². The van der Waals surface area contributed by atoms with Gasteiger partial charge in [0.15, 0.2) is 11.0 Å². The molecule has 0 unspecified atom stereocenters. The lowest BCUT2D eigenvalue weighted by Crippen LogP contribution is -2.03. The lowest BCUT2D eigenvalue weighted by Gasteiger charge is -2.08. The average Bonchev–Trinajstić information content (AvgIpc) is 2.94. The van der Waals surface area contributed by atoms with Crippen LogP contribution in [0.25, 0.3) is 10.9 Å². The summed E-state index contributed by atoms with van der Waals surface area (Å²) in [4.78, 5) is 11.6. The second kappa shape index (κ2) is 5.22. The molecule has 0 saturated carbocycles. The van der Waals surface area contributed by atoms with Crippen LogP contribution in [0, 0.1) is 5.82 Å². The molecule has 8 heteroatoms. The quantitative estimate of drug-likeness (QED) is 0.590. The second-order valence-electron chi connectivity index (χ2n) is 3.95. The molecular formula is C12H7Cl2FN4O. The molecule has 0 spiro atoms. The highest BCUT2D eigenvalue weighted by atomic mass is 35.5. The fourth-order valence-corrected chi connectivity index (χ4v) is 2.03. The number of hydrogen-bond acceptors (Lipinski definition) is 5. The van der Waals surface area contributed by atoms with Gasteiger partial charge in [0.05, 0.1) is 17.9 Å². The Balaban J connectivity index is 2.03. The predicted molar refractivity (Wildman–Crippen MR) is 73.3 cm³/mol. The van der Waals surface area contributed by atoms with Crippen LogP contribution in [0.5, 0.6) is 0 Å². The second-order valence-corrected chi connectivity index (χ2v) is 4.65. The molecule has 0 aliphatic rings. The first-order chi connectivity index (χ1) is 9.65. The molecule has 0 aromatic carbocycles. The molecule has 0 fully saturated rings. The summed E-state index contributed by atoms with van der Waals surface area (Å²) < 4.78 is 18.8. The summed E-state index contributed by atoms with van der Waals surface area (Å²) in [6.07, 6.45) is 4.55. The van der Waals surface area contributed by atoms with Crippen molar-refractivity contribution < 1.29 is 8.81 Å². The number of anilines is 1. The maximum absolute atomic E-state index is 13.9. The van der Waals surface area contributed by atoms with Gasteiger partial charge in [0, 0.05) is 18.3 Å². The smallest absolute Gasteiger partial charge is 0.225 e. The van der Waals surface area contributed by atoms with Crippen LogP contribution in [0.15, 0.2) is 29.2 Å². The van der Waals surface area contributed by atoms with Gasteiger partial charge < -0.3 is 9.73 Å². The molecule has 0 aliphatic heterocycles.